The Bertz CT molecular complexity index is 1070. The van der Waals surface area contributed by atoms with Gasteiger partial charge in [0.05, 0.1) is 23.3 Å². The number of nitrogens with zero attached hydrogens (tertiary/aromatic N) is 1. The Morgan fingerprint density at radius 2 is 1.53 bits per heavy atom. The molecule has 4 heteroatoms. The predicted molar refractivity (Wildman–Crippen MR) is 145 cm³/mol. The smallest absolute Gasteiger partial charge is 0.0720 e. The first kappa shape index (κ1) is 25.3. The fourth-order valence-corrected chi connectivity index (χ4v) is 5.01. The maximum atomic E-state index is 6.30. The maximum absolute atomic E-state index is 6.30. The van der Waals surface area contributed by atoms with Crippen LogP contribution in [0.5, 0.6) is 0 Å². The number of aryl methyl sites for hydroxylation is 1. The van der Waals surface area contributed by atoms with Crippen molar-refractivity contribution in [2.24, 2.45) is 0 Å². The van der Waals surface area contributed by atoms with E-state index in [1.807, 2.05) is 18.2 Å². The summed E-state index contributed by atoms with van der Waals surface area (Å²) in [6.45, 7) is 9.25. The van der Waals surface area contributed by atoms with Crippen molar-refractivity contribution in [3.8, 4) is 11.1 Å². The van der Waals surface area contributed by atoms with Crippen molar-refractivity contribution in [2.75, 3.05) is 26.2 Å². The van der Waals surface area contributed by atoms with Gasteiger partial charge in [-0.1, -0.05) is 84.6 Å². The molecule has 1 atom stereocenters. The lowest BCUT2D eigenvalue weighted by atomic mass is 9.89. The van der Waals surface area contributed by atoms with E-state index in [-0.39, 0.29) is 0 Å². The van der Waals surface area contributed by atoms with Gasteiger partial charge in [0.1, 0.15) is 0 Å². The van der Waals surface area contributed by atoms with E-state index < -0.39 is 0 Å². The molecular formula is C30H35Cl2NO. The summed E-state index contributed by atoms with van der Waals surface area (Å²) >= 11 is 12.4. The zero-order chi connectivity index (χ0) is 23.9. The summed E-state index contributed by atoms with van der Waals surface area (Å²) in [5.74, 6) is 0.434. The summed E-state index contributed by atoms with van der Waals surface area (Å²) in [6.07, 6.45) is 4.97. The van der Waals surface area contributed by atoms with E-state index in [2.05, 4.69) is 61.2 Å². The van der Waals surface area contributed by atoms with Crippen LogP contribution >= 0.6 is 23.2 Å². The van der Waals surface area contributed by atoms with E-state index >= 15 is 0 Å². The molecule has 1 heterocycles. The Hall–Kier alpha value is -1.84. The summed E-state index contributed by atoms with van der Waals surface area (Å²) in [4.78, 5) is 2.52. The molecule has 0 amide bonds. The number of likely N-dealkylation sites (tertiary alicyclic amines) is 1. The molecule has 0 aliphatic carbocycles. The molecule has 2 nitrogen and oxygen atoms in total. The Labute approximate surface area is 214 Å². The third kappa shape index (κ3) is 6.86. The highest BCUT2D eigenvalue weighted by Crippen LogP contribution is 2.31. The average molecular weight is 497 g/mol. The van der Waals surface area contributed by atoms with E-state index in [1.165, 1.54) is 54.6 Å². The maximum Gasteiger partial charge on any atom is 0.0720 e. The van der Waals surface area contributed by atoms with Gasteiger partial charge in [-0.15, -0.1) is 0 Å². The van der Waals surface area contributed by atoms with E-state index in [1.54, 1.807) is 0 Å². The molecule has 0 saturated carbocycles. The van der Waals surface area contributed by atoms with Crippen LogP contribution in [0, 0.1) is 6.92 Å². The van der Waals surface area contributed by atoms with Crippen LogP contribution in [0.3, 0.4) is 0 Å². The van der Waals surface area contributed by atoms with Crippen LogP contribution in [-0.2, 0) is 17.8 Å². The Morgan fingerprint density at radius 3 is 2.26 bits per heavy atom. The fraction of sp³-hybridized carbons (Fsp3) is 0.400. The first-order chi connectivity index (χ1) is 16.5. The van der Waals surface area contributed by atoms with Gasteiger partial charge in [0.25, 0.3) is 0 Å². The second-order valence-corrected chi connectivity index (χ2v) is 10.4. The molecule has 0 N–H and O–H groups in total. The minimum Gasteiger partial charge on any atom is -0.375 e. The van der Waals surface area contributed by atoms with Gasteiger partial charge in [0.2, 0.25) is 0 Å². The first-order valence-electron chi connectivity index (χ1n) is 12.4. The SMILES string of the molecule is Cc1ccc(C(C)Cc2ccc(-c3ccc(Cl)c(Cl)c3)cc2COCCN2CCCCC2)cc1. The van der Waals surface area contributed by atoms with Crippen molar-refractivity contribution < 1.29 is 4.74 Å². The second-order valence-electron chi connectivity index (χ2n) is 9.58. The highest BCUT2D eigenvalue weighted by atomic mass is 35.5. The van der Waals surface area contributed by atoms with Gasteiger partial charge in [-0.3, -0.25) is 0 Å². The molecule has 4 rings (SSSR count). The lowest BCUT2D eigenvalue weighted by molar-refractivity contribution is 0.0859. The molecule has 3 aromatic carbocycles. The van der Waals surface area contributed by atoms with Gasteiger partial charge < -0.3 is 9.64 Å². The molecule has 1 aliphatic heterocycles. The van der Waals surface area contributed by atoms with Gasteiger partial charge in [0, 0.05) is 6.54 Å². The third-order valence-electron chi connectivity index (χ3n) is 6.89. The molecule has 1 aliphatic rings. The second kappa shape index (κ2) is 12.2. The summed E-state index contributed by atoms with van der Waals surface area (Å²) in [5.41, 5.74) is 7.47. The highest BCUT2D eigenvalue weighted by Gasteiger charge is 2.14. The van der Waals surface area contributed by atoms with Crippen LogP contribution in [-0.4, -0.2) is 31.1 Å². The minimum atomic E-state index is 0.434. The molecular weight excluding hydrogens is 461 g/mol. The molecule has 1 fully saturated rings. The minimum absolute atomic E-state index is 0.434. The zero-order valence-corrected chi connectivity index (χ0v) is 21.8. The lowest BCUT2D eigenvalue weighted by Crippen LogP contribution is -2.32. The van der Waals surface area contributed by atoms with Gasteiger partial charge in [0.15, 0.2) is 0 Å². The van der Waals surface area contributed by atoms with Crippen LogP contribution in [0.4, 0.5) is 0 Å². The van der Waals surface area contributed by atoms with E-state index in [0.717, 1.165) is 30.7 Å². The molecule has 1 saturated heterocycles. The van der Waals surface area contributed by atoms with Crippen molar-refractivity contribution >= 4 is 23.2 Å². The number of hydrogen-bond acceptors (Lipinski definition) is 2. The predicted octanol–water partition coefficient (Wildman–Crippen LogP) is 8.32. The zero-order valence-electron chi connectivity index (χ0n) is 20.3. The van der Waals surface area contributed by atoms with Crippen molar-refractivity contribution in [3.05, 3.63) is 93.0 Å². The van der Waals surface area contributed by atoms with Gasteiger partial charge in [-0.05, 0) is 91.2 Å². The third-order valence-corrected chi connectivity index (χ3v) is 7.63. The van der Waals surface area contributed by atoms with E-state index in [0.29, 0.717) is 22.6 Å². The largest absolute Gasteiger partial charge is 0.375 e. The van der Waals surface area contributed by atoms with Crippen LogP contribution in [0.2, 0.25) is 10.0 Å². The molecule has 180 valence electrons. The quantitative estimate of drug-likeness (QED) is 0.276. The van der Waals surface area contributed by atoms with Crippen molar-refractivity contribution in [1.29, 1.82) is 0 Å². The molecule has 0 radical (unpaired) electrons. The number of benzene rings is 3. The Kier molecular flexibility index (Phi) is 9.08. The monoisotopic (exact) mass is 495 g/mol. The molecule has 3 aromatic rings. The Balaban J connectivity index is 1.50. The normalized spacial score (nSPS) is 15.4. The van der Waals surface area contributed by atoms with Crippen LogP contribution in [0.1, 0.15) is 54.4 Å². The lowest BCUT2D eigenvalue weighted by Gasteiger charge is -2.26. The number of piperidine rings is 1. The average Bonchev–Trinajstić information content (AvgIpc) is 2.85. The van der Waals surface area contributed by atoms with Crippen molar-refractivity contribution in [2.45, 2.75) is 52.1 Å². The first-order valence-corrected chi connectivity index (χ1v) is 13.2. The summed E-state index contributed by atoms with van der Waals surface area (Å²) in [5, 5.41) is 1.16. The summed E-state index contributed by atoms with van der Waals surface area (Å²) < 4.78 is 6.21. The molecule has 34 heavy (non-hydrogen) atoms. The van der Waals surface area contributed by atoms with Crippen LogP contribution in [0.15, 0.2) is 60.7 Å². The number of ether oxygens (including phenoxy) is 1. The number of rotatable bonds is 9. The molecule has 0 spiro atoms. The molecule has 1 unspecified atom stereocenters. The van der Waals surface area contributed by atoms with Crippen molar-refractivity contribution in [1.82, 2.24) is 4.90 Å². The van der Waals surface area contributed by atoms with E-state index in [9.17, 15) is 0 Å². The summed E-state index contributed by atoms with van der Waals surface area (Å²) in [6, 6.07) is 21.4. The van der Waals surface area contributed by atoms with Gasteiger partial charge in [-0.25, -0.2) is 0 Å². The summed E-state index contributed by atoms with van der Waals surface area (Å²) in [7, 11) is 0. The topological polar surface area (TPSA) is 12.5 Å². The van der Waals surface area contributed by atoms with Crippen LogP contribution < -0.4 is 0 Å². The van der Waals surface area contributed by atoms with Crippen molar-refractivity contribution in [3.63, 3.8) is 0 Å². The van der Waals surface area contributed by atoms with E-state index in [4.69, 9.17) is 27.9 Å². The standard InChI is InChI=1S/C30H35Cl2NO/c1-22-6-8-24(9-7-22)23(2)18-25-10-11-26(27-12-13-29(31)30(32)20-27)19-28(25)21-34-17-16-33-14-4-3-5-15-33/h6-13,19-20,23H,3-5,14-18,21H2,1-2H3. The van der Waals surface area contributed by atoms with Gasteiger partial charge in [-0.2, -0.15) is 0 Å². The Morgan fingerprint density at radius 1 is 0.824 bits per heavy atom. The molecule has 0 aromatic heterocycles. The highest BCUT2D eigenvalue weighted by molar-refractivity contribution is 6.42. The molecule has 0 bridgehead atoms. The fourth-order valence-electron chi connectivity index (χ4n) is 4.72. The number of hydrogen-bond donors (Lipinski definition) is 0. The van der Waals surface area contributed by atoms with Gasteiger partial charge >= 0.3 is 0 Å². The van der Waals surface area contributed by atoms with Crippen LogP contribution in [0.25, 0.3) is 11.1 Å². The number of halogens is 2.